The van der Waals surface area contributed by atoms with Gasteiger partial charge in [-0.3, -0.25) is 9.69 Å². The molecule has 0 saturated carbocycles. The molecule has 1 rings (SSSR count). The van der Waals surface area contributed by atoms with E-state index in [1.807, 2.05) is 27.7 Å². The van der Waals surface area contributed by atoms with Gasteiger partial charge in [0.05, 0.1) is 6.54 Å². The molecule has 158 valence electrons. The maximum atomic E-state index is 12.4. The van der Waals surface area contributed by atoms with Gasteiger partial charge in [-0.05, 0) is 66.0 Å². The van der Waals surface area contributed by atoms with Crippen LogP contribution in [0, 0.1) is 5.92 Å². The Morgan fingerprint density at radius 3 is 2.30 bits per heavy atom. The average molecular weight is 393 g/mol. The highest BCUT2D eigenvalue weighted by atomic mass is 19.4. The maximum Gasteiger partial charge on any atom is 0.401 e. The van der Waals surface area contributed by atoms with Crippen LogP contribution in [0.25, 0.3) is 0 Å². The number of hydrogen-bond acceptors (Lipinski definition) is 3. The van der Waals surface area contributed by atoms with Crippen LogP contribution in [-0.4, -0.2) is 67.8 Å². The van der Waals surface area contributed by atoms with Crippen molar-refractivity contribution in [2.75, 3.05) is 39.3 Å². The number of guanidine groups is 1. The molecule has 27 heavy (non-hydrogen) atoms. The normalized spacial score (nSPS) is 17.7. The number of halogens is 3. The fourth-order valence-electron chi connectivity index (χ4n) is 3.03. The van der Waals surface area contributed by atoms with Gasteiger partial charge in [0.1, 0.15) is 6.54 Å². The Morgan fingerprint density at radius 2 is 1.78 bits per heavy atom. The molecule has 0 atom stereocenters. The first-order chi connectivity index (χ1) is 12.5. The third kappa shape index (κ3) is 11.7. The molecule has 0 radical (unpaired) electrons. The van der Waals surface area contributed by atoms with Gasteiger partial charge in [0, 0.05) is 18.6 Å². The summed E-state index contributed by atoms with van der Waals surface area (Å²) in [4.78, 5) is 17.6. The van der Waals surface area contributed by atoms with Crippen LogP contribution in [0.15, 0.2) is 4.99 Å². The molecule has 0 aromatic rings. The van der Waals surface area contributed by atoms with Crippen molar-refractivity contribution in [1.29, 1.82) is 0 Å². The molecule has 1 aliphatic rings. The average Bonchev–Trinajstić information content (AvgIpc) is 2.51. The molecule has 0 bridgehead atoms. The number of rotatable bonds is 7. The number of alkyl halides is 3. The van der Waals surface area contributed by atoms with E-state index in [0.717, 1.165) is 19.3 Å². The van der Waals surface area contributed by atoms with E-state index in [9.17, 15) is 18.0 Å². The molecule has 6 nitrogen and oxygen atoms in total. The second-order valence-corrected chi connectivity index (χ2v) is 8.04. The first-order valence-corrected chi connectivity index (χ1v) is 9.61. The van der Waals surface area contributed by atoms with Crippen LogP contribution in [0.2, 0.25) is 0 Å². The Morgan fingerprint density at radius 1 is 1.15 bits per heavy atom. The summed E-state index contributed by atoms with van der Waals surface area (Å²) in [7, 11) is 0. The van der Waals surface area contributed by atoms with Gasteiger partial charge < -0.3 is 16.0 Å². The largest absolute Gasteiger partial charge is 0.401 e. The quantitative estimate of drug-likeness (QED) is 0.458. The van der Waals surface area contributed by atoms with Gasteiger partial charge in [-0.1, -0.05) is 0 Å². The number of carbonyl (C=O) groups excluding carboxylic acids is 1. The number of nitrogens with zero attached hydrogens (tertiary/aromatic N) is 2. The number of aliphatic imine (C=N–C) groups is 1. The Bertz CT molecular complexity index is 480. The molecule has 0 aromatic heterocycles. The summed E-state index contributed by atoms with van der Waals surface area (Å²) in [6.07, 6.45) is -1.69. The molecule has 0 spiro atoms. The number of likely N-dealkylation sites (tertiary alicyclic amines) is 1. The highest BCUT2D eigenvalue weighted by Crippen LogP contribution is 2.23. The van der Waals surface area contributed by atoms with Gasteiger partial charge in [0.25, 0.3) is 0 Å². The molecule has 1 saturated heterocycles. The summed E-state index contributed by atoms with van der Waals surface area (Å²) in [5, 5.41) is 9.16. The van der Waals surface area contributed by atoms with Gasteiger partial charge in [-0.25, -0.2) is 4.99 Å². The molecular formula is C18H34F3N5O. The van der Waals surface area contributed by atoms with E-state index in [1.165, 1.54) is 4.90 Å². The second-order valence-electron chi connectivity index (χ2n) is 8.04. The number of carbonyl (C=O) groups is 1. The Balaban J connectivity index is 2.33. The van der Waals surface area contributed by atoms with Crippen molar-refractivity contribution in [2.24, 2.45) is 10.9 Å². The van der Waals surface area contributed by atoms with E-state index < -0.39 is 12.7 Å². The summed E-state index contributed by atoms with van der Waals surface area (Å²) in [5.74, 6) is 0.849. The molecule has 0 aliphatic carbocycles. The zero-order chi connectivity index (χ0) is 20.5. The number of nitrogens with one attached hydrogen (secondary N) is 3. The minimum atomic E-state index is -4.12. The van der Waals surface area contributed by atoms with Crippen molar-refractivity contribution in [3.05, 3.63) is 0 Å². The van der Waals surface area contributed by atoms with E-state index in [0.29, 0.717) is 38.1 Å². The summed E-state index contributed by atoms with van der Waals surface area (Å²) in [6.45, 7) is 9.27. The lowest BCUT2D eigenvalue weighted by Crippen LogP contribution is -2.43. The summed E-state index contributed by atoms with van der Waals surface area (Å²) >= 11 is 0. The lowest BCUT2D eigenvalue weighted by atomic mass is 9.93. The molecule has 1 aliphatic heterocycles. The third-order valence-electron chi connectivity index (χ3n) is 4.19. The van der Waals surface area contributed by atoms with Crippen LogP contribution in [0.1, 0.15) is 47.0 Å². The number of amides is 1. The van der Waals surface area contributed by atoms with E-state index >= 15 is 0 Å². The van der Waals surface area contributed by atoms with Crippen LogP contribution in [0.3, 0.4) is 0 Å². The number of hydrogen-bond donors (Lipinski definition) is 3. The fraction of sp³-hybridized carbons (Fsp3) is 0.889. The van der Waals surface area contributed by atoms with Crippen molar-refractivity contribution in [3.63, 3.8) is 0 Å². The third-order valence-corrected chi connectivity index (χ3v) is 4.19. The molecule has 9 heteroatoms. The van der Waals surface area contributed by atoms with E-state index in [4.69, 9.17) is 0 Å². The van der Waals surface area contributed by atoms with Crippen LogP contribution < -0.4 is 16.0 Å². The lowest BCUT2D eigenvalue weighted by molar-refractivity contribution is -0.148. The first-order valence-electron chi connectivity index (χ1n) is 9.61. The van der Waals surface area contributed by atoms with Crippen LogP contribution in [-0.2, 0) is 4.79 Å². The Labute approximate surface area is 160 Å². The highest BCUT2D eigenvalue weighted by molar-refractivity contribution is 5.85. The molecule has 1 fully saturated rings. The van der Waals surface area contributed by atoms with Crippen molar-refractivity contribution in [3.8, 4) is 0 Å². The van der Waals surface area contributed by atoms with Crippen LogP contribution >= 0.6 is 0 Å². The van der Waals surface area contributed by atoms with Crippen molar-refractivity contribution in [2.45, 2.75) is 58.7 Å². The van der Waals surface area contributed by atoms with Gasteiger partial charge in [-0.15, -0.1) is 0 Å². The van der Waals surface area contributed by atoms with Crippen LogP contribution in [0.4, 0.5) is 13.2 Å². The lowest BCUT2D eigenvalue weighted by Gasteiger charge is -2.32. The van der Waals surface area contributed by atoms with Gasteiger partial charge in [0.15, 0.2) is 5.96 Å². The molecule has 1 heterocycles. The molecule has 3 N–H and O–H groups in total. The number of piperidine rings is 1. The maximum absolute atomic E-state index is 12.4. The smallest absolute Gasteiger partial charge is 0.357 e. The Kier molecular flexibility index (Phi) is 9.35. The highest BCUT2D eigenvalue weighted by Gasteiger charge is 2.32. The summed E-state index contributed by atoms with van der Waals surface area (Å²) < 4.78 is 37.3. The zero-order valence-electron chi connectivity index (χ0n) is 16.9. The molecule has 0 aromatic carbocycles. The van der Waals surface area contributed by atoms with Gasteiger partial charge in [0.2, 0.25) is 5.91 Å². The second kappa shape index (κ2) is 10.7. The topological polar surface area (TPSA) is 68.8 Å². The van der Waals surface area contributed by atoms with Gasteiger partial charge in [-0.2, -0.15) is 13.2 Å². The van der Waals surface area contributed by atoms with Crippen LogP contribution in [0.5, 0.6) is 0 Å². The SMILES string of the molecule is CCNC(=NCC(=O)NC(C)(C)C)NCCC1CCN(CC(F)(F)F)CC1. The predicted molar refractivity (Wildman–Crippen MR) is 102 cm³/mol. The minimum Gasteiger partial charge on any atom is -0.357 e. The monoisotopic (exact) mass is 393 g/mol. The van der Waals surface area contributed by atoms with Crippen molar-refractivity contribution >= 4 is 11.9 Å². The fourth-order valence-corrected chi connectivity index (χ4v) is 3.03. The Hall–Kier alpha value is -1.51. The van der Waals surface area contributed by atoms with E-state index in [1.54, 1.807) is 0 Å². The molecular weight excluding hydrogens is 359 g/mol. The van der Waals surface area contributed by atoms with E-state index in [-0.39, 0.29) is 18.0 Å². The summed E-state index contributed by atoms with van der Waals surface area (Å²) in [6, 6.07) is 0. The standard InChI is InChI=1S/C18H34F3N5O/c1-5-22-16(24-12-15(27)25-17(2,3)4)23-9-6-14-7-10-26(11-8-14)13-18(19,20)21/h14H,5-13H2,1-4H3,(H,25,27)(H2,22,23,24). The zero-order valence-corrected chi connectivity index (χ0v) is 16.9. The van der Waals surface area contributed by atoms with E-state index in [2.05, 4.69) is 20.9 Å². The summed E-state index contributed by atoms with van der Waals surface area (Å²) in [5.41, 5.74) is -0.292. The van der Waals surface area contributed by atoms with Crippen molar-refractivity contribution < 1.29 is 18.0 Å². The first kappa shape index (κ1) is 23.5. The van der Waals surface area contributed by atoms with Crippen molar-refractivity contribution in [1.82, 2.24) is 20.9 Å². The minimum absolute atomic E-state index is 0.0441. The molecule has 1 amide bonds. The predicted octanol–water partition coefficient (Wildman–Crippen LogP) is 2.12. The molecule has 0 unspecified atom stereocenters. The van der Waals surface area contributed by atoms with Gasteiger partial charge >= 0.3 is 6.18 Å².